The van der Waals surface area contributed by atoms with E-state index in [1.165, 1.54) is 4.90 Å². The number of hydrogen-bond acceptors (Lipinski definition) is 3. The number of hydrogen-bond donors (Lipinski definition) is 1. The summed E-state index contributed by atoms with van der Waals surface area (Å²) in [7, 11) is 0. The Morgan fingerprint density at radius 2 is 2.11 bits per heavy atom. The monoisotopic (exact) mass is 274 g/mol. The number of benzene rings is 1. The lowest BCUT2D eigenvalue weighted by Gasteiger charge is -2.19. The quantitative estimate of drug-likeness (QED) is 0.859. The number of nitrogens with one attached hydrogen (secondary N) is 1. The van der Waals surface area contributed by atoms with E-state index < -0.39 is 0 Å². The molecular weight excluding hydrogens is 256 g/mol. The van der Waals surface area contributed by atoms with Gasteiger partial charge in [0, 0.05) is 17.2 Å². The van der Waals surface area contributed by atoms with Crippen LogP contribution in [0.5, 0.6) is 0 Å². The van der Waals surface area contributed by atoms with Gasteiger partial charge in [-0.3, -0.25) is 4.79 Å². The molecule has 1 aliphatic rings. The van der Waals surface area contributed by atoms with Gasteiger partial charge in [0.05, 0.1) is 5.71 Å². The van der Waals surface area contributed by atoms with Crippen LogP contribution in [0.25, 0.3) is 6.08 Å². The Morgan fingerprint density at radius 3 is 2.68 bits per heavy atom. The molecule has 1 heterocycles. The molecule has 1 unspecified atom stereocenters. The van der Waals surface area contributed by atoms with E-state index in [2.05, 4.69) is 47.1 Å². The molecule has 1 atom stereocenters. The van der Waals surface area contributed by atoms with Crippen LogP contribution in [0, 0.1) is 5.92 Å². The Balaban J connectivity index is 2.20. The van der Waals surface area contributed by atoms with Crippen LogP contribution in [-0.4, -0.2) is 17.9 Å². The second-order valence-electron chi connectivity index (χ2n) is 4.74. The highest BCUT2D eigenvalue weighted by atomic mass is 32.2. The van der Waals surface area contributed by atoms with Crippen LogP contribution in [0.4, 0.5) is 0 Å². The van der Waals surface area contributed by atoms with Crippen LogP contribution >= 0.6 is 11.8 Å². The maximum absolute atomic E-state index is 11.2. The summed E-state index contributed by atoms with van der Waals surface area (Å²) in [5.74, 6) is 0.170. The third-order valence-corrected chi connectivity index (χ3v) is 3.91. The average Bonchev–Trinajstić information content (AvgIpc) is 2.39. The highest BCUT2D eigenvalue weighted by Crippen LogP contribution is 2.20. The van der Waals surface area contributed by atoms with E-state index in [0.29, 0.717) is 6.42 Å². The molecule has 1 aromatic carbocycles. The largest absolute Gasteiger partial charge is 0.273 e. The van der Waals surface area contributed by atoms with Crippen LogP contribution in [0.3, 0.4) is 0 Å². The number of nitrogens with zero attached hydrogens (tertiary/aromatic N) is 1. The Hall–Kier alpha value is -1.55. The third-order valence-electron chi connectivity index (χ3n) is 3.16. The first-order valence-corrected chi connectivity index (χ1v) is 7.51. The van der Waals surface area contributed by atoms with Crippen LogP contribution in [0.15, 0.2) is 39.8 Å². The van der Waals surface area contributed by atoms with E-state index in [9.17, 15) is 4.79 Å². The number of amides is 1. The Bertz CT molecular complexity index is 532. The van der Waals surface area contributed by atoms with Crippen LogP contribution < -0.4 is 5.43 Å². The topological polar surface area (TPSA) is 41.5 Å². The zero-order valence-corrected chi connectivity index (χ0v) is 12.3. The fraction of sp³-hybridized carbons (Fsp3) is 0.333. The summed E-state index contributed by atoms with van der Waals surface area (Å²) < 4.78 is 0. The molecule has 0 saturated carbocycles. The Labute approximate surface area is 118 Å². The predicted molar refractivity (Wildman–Crippen MR) is 81.2 cm³/mol. The van der Waals surface area contributed by atoms with E-state index in [4.69, 9.17) is 0 Å². The fourth-order valence-electron chi connectivity index (χ4n) is 2.15. The minimum atomic E-state index is -0.00614. The predicted octanol–water partition coefficient (Wildman–Crippen LogP) is 3.32. The van der Waals surface area contributed by atoms with Gasteiger partial charge in [-0.05, 0) is 36.4 Å². The van der Waals surface area contributed by atoms with Gasteiger partial charge >= 0.3 is 0 Å². The van der Waals surface area contributed by atoms with Crippen molar-refractivity contribution in [2.75, 3.05) is 6.26 Å². The third kappa shape index (κ3) is 3.47. The molecule has 0 spiro atoms. The van der Waals surface area contributed by atoms with Gasteiger partial charge < -0.3 is 0 Å². The molecule has 1 amide bonds. The Kier molecular flexibility index (Phi) is 4.43. The normalized spacial score (nSPS) is 19.9. The maximum Gasteiger partial charge on any atom is 0.240 e. The van der Waals surface area contributed by atoms with Crippen molar-refractivity contribution in [3.63, 3.8) is 0 Å². The highest BCUT2D eigenvalue weighted by Gasteiger charge is 2.20. The van der Waals surface area contributed by atoms with Crippen molar-refractivity contribution in [3.8, 4) is 0 Å². The highest BCUT2D eigenvalue weighted by molar-refractivity contribution is 7.98. The maximum atomic E-state index is 11.2. The van der Waals surface area contributed by atoms with Crippen LogP contribution in [-0.2, 0) is 4.79 Å². The lowest BCUT2D eigenvalue weighted by molar-refractivity contribution is -0.121. The fourth-order valence-corrected chi connectivity index (χ4v) is 2.56. The molecule has 1 N–H and O–H groups in total. The Morgan fingerprint density at radius 1 is 1.42 bits per heavy atom. The van der Waals surface area contributed by atoms with Gasteiger partial charge in [0.1, 0.15) is 0 Å². The first-order valence-electron chi connectivity index (χ1n) is 6.29. The van der Waals surface area contributed by atoms with Crippen molar-refractivity contribution >= 4 is 29.5 Å². The first-order chi connectivity index (χ1) is 9.10. The zero-order valence-electron chi connectivity index (χ0n) is 11.4. The molecule has 1 aromatic rings. The molecule has 19 heavy (non-hydrogen) atoms. The van der Waals surface area contributed by atoms with E-state index >= 15 is 0 Å². The van der Waals surface area contributed by atoms with Gasteiger partial charge in [-0.15, -0.1) is 11.8 Å². The van der Waals surface area contributed by atoms with Crippen molar-refractivity contribution in [3.05, 3.63) is 35.4 Å². The molecule has 0 bridgehead atoms. The van der Waals surface area contributed by atoms with Gasteiger partial charge in [0.25, 0.3) is 0 Å². The minimum Gasteiger partial charge on any atom is -0.273 e. The summed E-state index contributed by atoms with van der Waals surface area (Å²) in [5.41, 5.74) is 5.77. The van der Waals surface area contributed by atoms with Crippen molar-refractivity contribution in [2.24, 2.45) is 11.0 Å². The van der Waals surface area contributed by atoms with E-state index in [0.717, 1.165) is 16.8 Å². The average molecular weight is 274 g/mol. The van der Waals surface area contributed by atoms with E-state index in [1.54, 1.807) is 11.8 Å². The number of allylic oxidation sites excluding steroid dienone is 1. The standard InChI is InChI=1S/C15H18N2OS/c1-10(15-11(2)9-14(18)16-17-15)8-12-4-6-13(19-3)7-5-12/h4-8,11H,9H2,1-3H3,(H,16,18). The lowest BCUT2D eigenvalue weighted by atomic mass is 9.94. The molecule has 0 aromatic heterocycles. The minimum absolute atomic E-state index is 0.00614. The second kappa shape index (κ2) is 6.06. The number of thioether (sulfide) groups is 1. The SMILES string of the molecule is CSc1ccc(C=C(C)C2=NNC(=O)CC2C)cc1. The summed E-state index contributed by atoms with van der Waals surface area (Å²) in [5, 5.41) is 4.17. The van der Waals surface area contributed by atoms with Crippen molar-refractivity contribution in [1.29, 1.82) is 0 Å². The van der Waals surface area contributed by atoms with Crippen LogP contribution in [0.2, 0.25) is 0 Å². The summed E-state index contributed by atoms with van der Waals surface area (Å²) in [6, 6.07) is 8.42. The number of hydrazone groups is 1. The lowest BCUT2D eigenvalue weighted by Crippen LogP contribution is -2.31. The number of rotatable bonds is 3. The molecule has 2 rings (SSSR count). The number of carbonyl (C=O) groups is 1. The summed E-state index contributed by atoms with van der Waals surface area (Å²) in [4.78, 5) is 12.5. The summed E-state index contributed by atoms with van der Waals surface area (Å²) in [6.45, 7) is 4.07. The molecule has 0 fully saturated rings. The molecular formula is C15H18N2OS. The van der Waals surface area contributed by atoms with Crippen molar-refractivity contribution in [2.45, 2.75) is 25.2 Å². The van der Waals surface area contributed by atoms with Gasteiger partial charge in [-0.2, -0.15) is 5.10 Å². The molecule has 4 heteroatoms. The smallest absolute Gasteiger partial charge is 0.240 e. The molecule has 100 valence electrons. The molecule has 0 aliphatic carbocycles. The van der Waals surface area contributed by atoms with E-state index in [-0.39, 0.29) is 11.8 Å². The zero-order chi connectivity index (χ0) is 13.8. The van der Waals surface area contributed by atoms with Gasteiger partial charge in [0.2, 0.25) is 5.91 Å². The van der Waals surface area contributed by atoms with Crippen molar-refractivity contribution < 1.29 is 4.79 Å². The van der Waals surface area contributed by atoms with Gasteiger partial charge in [-0.1, -0.05) is 25.1 Å². The van der Waals surface area contributed by atoms with Crippen LogP contribution in [0.1, 0.15) is 25.8 Å². The van der Waals surface area contributed by atoms with Gasteiger partial charge in [-0.25, -0.2) is 5.43 Å². The summed E-state index contributed by atoms with van der Waals surface area (Å²) in [6.07, 6.45) is 4.68. The van der Waals surface area contributed by atoms with E-state index in [1.807, 2.05) is 13.8 Å². The molecule has 0 saturated heterocycles. The van der Waals surface area contributed by atoms with Crippen molar-refractivity contribution in [1.82, 2.24) is 5.43 Å². The number of carbonyl (C=O) groups excluding carboxylic acids is 1. The molecule has 0 radical (unpaired) electrons. The second-order valence-corrected chi connectivity index (χ2v) is 5.62. The van der Waals surface area contributed by atoms with Gasteiger partial charge in [0.15, 0.2) is 0 Å². The molecule has 3 nitrogen and oxygen atoms in total. The molecule has 1 aliphatic heterocycles. The first kappa shape index (κ1) is 13.9. The summed E-state index contributed by atoms with van der Waals surface area (Å²) >= 11 is 1.73.